The summed E-state index contributed by atoms with van der Waals surface area (Å²) in [5.74, 6) is 1.00. The van der Waals surface area contributed by atoms with E-state index in [-0.39, 0.29) is 11.9 Å². The van der Waals surface area contributed by atoms with Crippen LogP contribution in [0.2, 0.25) is 0 Å². The van der Waals surface area contributed by atoms with Crippen LogP contribution in [0, 0.1) is 12.7 Å². The molecular weight excluding hydrogens is 471 g/mol. The van der Waals surface area contributed by atoms with Crippen LogP contribution in [0.5, 0.6) is 5.75 Å². The van der Waals surface area contributed by atoms with Crippen LogP contribution in [0.3, 0.4) is 0 Å². The molecule has 1 aliphatic heterocycles. The summed E-state index contributed by atoms with van der Waals surface area (Å²) in [6.07, 6.45) is 0.903. The zero-order chi connectivity index (χ0) is 26.1. The molecule has 0 saturated heterocycles. The predicted octanol–water partition coefficient (Wildman–Crippen LogP) is 6.46. The Kier molecular flexibility index (Phi) is 6.48. The van der Waals surface area contributed by atoms with Crippen molar-refractivity contribution in [1.82, 2.24) is 15.5 Å². The molecular formula is C29H27FN4O3. The lowest BCUT2D eigenvalue weighted by atomic mass is 9.93. The molecule has 3 aromatic carbocycles. The number of urea groups is 1. The number of halogens is 1. The molecule has 8 heteroatoms. The summed E-state index contributed by atoms with van der Waals surface area (Å²) in [7, 11) is 1.60. The van der Waals surface area contributed by atoms with Crippen molar-refractivity contribution in [3.8, 4) is 17.1 Å². The normalized spacial score (nSPS) is 15.6. The number of allylic oxidation sites excluding steroid dienone is 1. The molecule has 1 aliphatic rings. The number of rotatable bonds is 6. The smallest absolute Gasteiger partial charge is 0.327 e. The van der Waals surface area contributed by atoms with Gasteiger partial charge in [-0.1, -0.05) is 42.4 Å². The van der Waals surface area contributed by atoms with Gasteiger partial charge in [0.1, 0.15) is 11.6 Å². The number of amides is 2. The van der Waals surface area contributed by atoms with Crippen molar-refractivity contribution in [2.45, 2.75) is 33.2 Å². The molecule has 37 heavy (non-hydrogen) atoms. The van der Waals surface area contributed by atoms with Crippen molar-refractivity contribution in [3.63, 3.8) is 0 Å². The van der Waals surface area contributed by atoms with Crippen LogP contribution in [-0.2, 0) is 6.42 Å². The minimum Gasteiger partial charge on any atom is -0.497 e. The Hall–Kier alpha value is -4.46. The fourth-order valence-corrected chi connectivity index (χ4v) is 4.44. The van der Waals surface area contributed by atoms with Gasteiger partial charge in [0, 0.05) is 11.3 Å². The maximum Gasteiger partial charge on any atom is 0.327 e. The Balaban J connectivity index is 1.63. The molecule has 0 fully saturated rings. The van der Waals surface area contributed by atoms with Gasteiger partial charge in [0.15, 0.2) is 0 Å². The van der Waals surface area contributed by atoms with E-state index in [0.29, 0.717) is 28.3 Å². The number of benzene rings is 3. The molecule has 4 aromatic rings. The minimum absolute atomic E-state index is 0.269. The molecule has 5 rings (SSSR count). The van der Waals surface area contributed by atoms with Gasteiger partial charge in [-0.25, -0.2) is 9.18 Å². The van der Waals surface area contributed by atoms with Crippen LogP contribution in [0.1, 0.15) is 42.5 Å². The first-order valence-electron chi connectivity index (χ1n) is 12.0. The molecule has 1 aromatic heterocycles. The standard InChI is InChI=1S/C29H27FN4O3/c1-5-19-7-9-20(10-8-19)26-25(28-32-27(33-37-28)21-11-14-23(36-4)15-12-21)18(3)34(29(35)31-26)22-13-6-17(2)24(30)16-22/h6-16,26H,5H2,1-4H3,(H,31,35). The van der Waals surface area contributed by atoms with E-state index in [1.807, 2.05) is 48.5 Å². The van der Waals surface area contributed by atoms with Gasteiger partial charge < -0.3 is 14.6 Å². The van der Waals surface area contributed by atoms with E-state index in [2.05, 4.69) is 22.4 Å². The van der Waals surface area contributed by atoms with E-state index in [1.54, 1.807) is 33.1 Å². The van der Waals surface area contributed by atoms with E-state index in [0.717, 1.165) is 23.3 Å². The van der Waals surface area contributed by atoms with Crippen molar-refractivity contribution in [1.29, 1.82) is 0 Å². The van der Waals surface area contributed by atoms with Gasteiger partial charge in [0.2, 0.25) is 5.82 Å². The van der Waals surface area contributed by atoms with Crippen molar-refractivity contribution >= 4 is 17.3 Å². The number of hydrogen-bond acceptors (Lipinski definition) is 5. The highest BCUT2D eigenvalue weighted by Gasteiger charge is 2.36. The number of anilines is 1. The average Bonchev–Trinajstić information content (AvgIpc) is 3.40. The zero-order valence-corrected chi connectivity index (χ0v) is 21.1. The van der Waals surface area contributed by atoms with Gasteiger partial charge >= 0.3 is 6.03 Å². The lowest BCUT2D eigenvalue weighted by molar-refractivity contribution is 0.244. The second-order valence-corrected chi connectivity index (χ2v) is 8.90. The maximum atomic E-state index is 14.4. The van der Waals surface area contributed by atoms with Gasteiger partial charge in [-0.3, -0.25) is 4.90 Å². The number of aromatic nitrogens is 2. The van der Waals surface area contributed by atoms with Gasteiger partial charge in [-0.2, -0.15) is 4.98 Å². The first kappa shape index (κ1) is 24.2. The van der Waals surface area contributed by atoms with E-state index < -0.39 is 11.9 Å². The number of aryl methyl sites for hydroxylation is 2. The Morgan fingerprint density at radius 3 is 2.43 bits per heavy atom. The number of carbonyl (C=O) groups excluding carboxylic acids is 1. The van der Waals surface area contributed by atoms with E-state index in [1.165, 1.54) is 16.5 Å². The number of nitrogens with zero attached hydrogens (tertiary/aromatic N) is 3. The number of carbonyl (C=O) groups is 1. The summed E-state index contributed by atoms with van der Waals surface area (Å²) in [5.41, 5.74) is 4.93. The highest BCUT2D eigenvalue weighted by atomic mass is 19.1. The van der Waals surface area contributed by atoms with Crippen LogP contribution in [0.4, 0.5) is 14.9 Å². The molecule has 2 heterocycles. The topological polar surface area (TPSA) is 80.5 Å². The third-order valence-corrected chi connectivity index (χ3v) is 6.62. The van der Waals surface area contributed by atoms with Crippen LogP contribution < -0.4 is 15.0 Å². The third kappa shape index (κ3) is 4.58. The first-order valence-corrected chi connectivity index (χ1v) is 12.0. The van der Waals surface area contributed by atoms with Crippen LogP contribution in [0.25, 0.3) is 17.0 Å². The predicted molar refractivity (Wildman–Crippen MR) is 140 cm³/mol. The summed E-state index contributed by atoms with van der Waals surface area (Å²) >= 11 is 0. The minimum atomic E-state index is -0.533. The quantitative estimate of drug-likeness (QED) is 0.330. The Morgan fingerprint density at radius 2 is 1.78 bits per heavy atom. The Labute approximate surface area is 214 Å². The van der Waals surface area contributed by atoms with Gasteiger partial charge in [-0.15, -0.1) is 0 Å². The summed E-state index contributed by atoms with van der Waals surface area (Å²) in [6, 6.07) is 19.2. The second-order valence-electron chi connectivity index (χ2n) is 8.90. The van der Waals surface area contributed by atoms with E-state index in [9.17, 15) is 9.18 Å². The molecule has 0 aliphatic carbocycles. The molecule has 1 N–H and O–H groups in total. The molecule has 0 bridgehead atoms. The van der Waals surface area contributed by atoms with Crippen molar-refractivity contribution < 1.29 is 18.4 Å². The largest absolute Gasteiger partial charge is 0.497 e. The van der Waals surface area contributed by atoms with Crippen molar-refractivity contribution in [2.24, 2.45) is 0 Å². The molecule has 0 saturated carbocycles. The van der Waals surface area contributed by atoms with Gasteiger partial charge in [-0.05, 0) is 73.4 Å². The van der Waals surface area contributed by atoms with Crippen LogP contribution in [-0.4, -0.2) is 23.3 Å². The zero-order valence-electron chi connectivity index (χ0n) is 21.1. The first-order chi connectivity index (χ1) is 17.9. The van der Waals surface area contributed by atoms with Crippen LogP contribution in [0.15, 0.2) is 77.0 Å². The average molecular weight is 499 g/mol. The molecule has 1 atom stereocenters. The molecule has 0 spiro atoms. The lowest BCUT2D eigenvalue weighted by Gasteiger charge is -2.35. The highest BCUT2D eigenvalue weighted by Crippen LogP contribution is 2.39. The number of methoxy groups -OCH3 is 1. The monoisotopic (exact) mass is 498 g/mol. The van der Waals surface area contributed by atoms with Gasteiger partial charge in [0.05, 0.1) is 24.4 Å². The molecule has 7 nitrogen and oxygen atoms in total. The molecule has 188 valence electrons. The Bertz CT molecular complexity index is 1480. The van der Waals surface area contributed by atoms with E-state index in [4.69, 9.17) is 9.26 Å². The SMILES string of the molecule is CCc1ccc(C2NC(=O)N(c3ccc(C)c(F)c3)C(C)=C2c2nc(-c3ccc(OC)cc3)no2)cc1. The fraction of sp³-hybridized carbons (Fsp3) is 0.207. The summed E-state index contributed by atoms with van der Waals surface area (Å²) < 4.78 is 25.4. The lowest BCUT2D eigenvalue weighted by Crippen LogP contribution is -2.46. The van der Waals surface area contributed by atoms with Crippen LogP contribution >= 0.6 is 0 Å². The fourth-order valence-electron chi connectivity index (χ4n) is 4.44. The summed E-state index contributed by atoms with van der Waals surface area (Å²) in [6.45, 7) is 5.57. The number of hydrogen-bond donors (Lipinski definition) is 1. The molecule has 1 unspecified atom stereocenters. The summed E-state index contributed by atoms with van der Waals surface area (Å²) in [5, 5.41) is 7.26. The number of ether oxygens (including phenoxy) is 1. The van der Waals surface area contributed by atoms with Crippen molar-refractivity contribution in [3.05, 3.63) is 101 Å². The number of nitrogens with one attached hydrogen (secondary N) is 1. The molecule has 2 amide bonds. The highest BCUT2D eigenvalue weighted by molar-refractivity contribution is 6.01. The van der Waals surface area contributed by atoms with Crippen molar-refractivity contribution in [2.75, 3.05) is 12.0 Å². The van der Waals surface area contributed by atoms with E-state index >= 15 is 0 Å². The van der Waals surface area contributed by atoms with Gasteiger partial charge in [0.25, 0.3) is 5.89 Å². The second kappa shape index (κ2) is 9.89. The maximum absolute atomic E-state index is 14.4. The molecule has 0 radical (unpaired) electrons. The third-order valence-electron chi connectivity index (χ3n) is 6.62. The Morgan fingerprint density at radius 1 is 1.05 bits per heavy atom. The summed E-state index contributed by atoms with van der Waals surface area (Å²) in [4.78, 5) is 19.5.